The molecule has 2 aliphatic rings. The van der Waals surface area contributed by atoms with Crippen LogP contribution in [0.15, 0.2) is 143 Å². The maximum absolute atomic E-state index is 6.00. The van der Waals surface area contributed by atoms with Crippen LogP contribution in [0.2, 0.25) is 12.1 Å². The molecule has 48 heavy (non-hydrogen) atoms. The Morgan fingerprint density at radius 3 is 1.35 bits per heavy atom. The Morgan fingerprint density at radius 1 is 0.521 bits per heavy atom. The van der Waals surface area contributed by atoms with Crippen molar-refractivity contribution in [2.24, 2.45) is 0 Å². The first-order chi connectivity index (χ1) is 23.7. The number of allylic oxidation sites excluding steroid dienone is 2. The molecule has 0 bridgehead atoms. The molecule has 0 saturated heterocycles. The molecule has 236 valence electrons. The quantitative estimate of drug-likeness (QED) is 0.130. The summed E-state index contributed by atoms with van der Waals surface area (Å²) in [7, 11) is 10.6. The predicted molar refractivity (Wildman–Crippen MR) is 197 cm³/mol. The van der Waals surface area contributed by atoms with Gasteiger partial charge in [0.25, 0.3) is 0 Å². The molecule has 0 N–H and O–H groups in total. The van der Waals surface area contributed by atoms with Crippen molar-refractivity contribution in [2.75, 3.05) is 0 Å². The molecule has 2 heterocycles. The van der Waals surface area contributed by atoms with Gasteiger partial charge in [-0.3, -0.25) is 0 Å². The van der Waals surface area contributed by atoms with Gasteiger partial charge in [-0.25, -0.2) is 0 Å². The monoisotopic (exact) mass is 758 g/mol. The number of furan rings is 2. The van der Waals surface area contributed by atoms with E-state index in [2.05, 4.69) is 121 Å². The third kappa shape index (κ3) is 7.28. The van der Waals surface area contributed by atoms with E-state index in [1.165, 1.54) is 55.7 Å². The van der Waals surface area contributed by atoms with E-state index in [4.69, 9.17) is 25.9 Å². The number of benzene rings is 4. The van der Waals surface area contributed by atoms with E-state index in [9.17, 15) is 0 Å². The second-order valence-electron chi connectivity index (χ2n) is 12.2. The van der Waals surface area contributed by atoms with Crippen molar-refractivity contribution >= 4 is 49.8 Å². The van der Waals surface area contributed by atoms with Crippen LogP contribution in [0.25, 0.3) is 23.3 Å². The molecule has 2 aromatic heterocycles. The first-order valence-electron chi connectivity index (χ1n) is 16.2. The minimum atomic E-state index is -0.826. The molecule has 2 unspecified atom stereocenters. The van der Waals surface area contributed by atoms with Gasteiger partial charge in [0, 0.05) is 32.5 Å². The zero-order valence-electron chi connectivity index (χ0n) is 26.4. The summed E-state index contributed by atoms with van der Waals surface area (Å²) in [4.78, 5) is 0. The molecule has 6 aromatic rings. The molecular weight excluding hydrogens is 727 g/mol. The van der Waals surface area contributed by atoms with Crippen molar-refractivity contribution < 1.29 is 29.7 Å². The Labute approximate surface area is 304 Å². The molecule has 2 nitrogen and oxygen atoms in total. The van der Waals surface area contributed by atoms with E-state index in [-0.39, 0.29) is 0 Å². The summed E-state index contributed by atoms with van der Waals surface area (Å²) in [5, 5.41) is 0. The number of halogens is 2. The number of rotatable bonds is 10. The molecule has 0 amide bonds. The van der Waals surface area contributed by atoms with Gasteiger partial charge in [-0.05, 0) is 106 Å². The summed E-state index contributed by atoms with van der Waals surface area (Å²) in [5.74, 6) is 2.61. The van der Waals surface area contributed by atoms with Gasteiger partial charge in [0.2, 0.25) is 0 Å². The summed E-state index contributed by atoms with van der Waals surface area (Å²) in [6, 6.07) is 45.7. The van der Waals surface area contributed by atoms with Crippen LogP contribution in [0.5, 0.6) is 0 Å². The fraction of sp³-hybridized carbons (Fsp3) is 0.143. The SMILES string of the molecule is C1=C(c2ccco2)C(C[Si]CC2C(c3ccco3)=Cc3c(Cc4ccccc4)cccc32)c2cccc(Cc3ccccc3)c21.[Cl][Zr][Cl]. The van der Waals surface area contributed by atoms with Crippen molar-refractivity contribution in [3.63, 3.8) is 0 Å². The average molecular weight is 761 g/mol. The molecule has 0 spiro atoms. The summed E-state index contributed by atoms with van der Waals surface area (Å²) in [6.07, 6.45) is 10.3. The molecule has 0 saturated carbocycles. The van der Waals surface area contributed by atoms with Crippen LogP contribution in [0.4, 0.5) is 0 Å². The molecule has 0 fully saturated rings. The van der Waals surface area contributed by atoms with Gasteiger partial charge in [0.15, 0.2) is 0 Å². The molecule has 6 heteroatoms. The maximum atomic E-state index is 6.00. The Morgan fingerprint density at radius 2 is 0.958 bits per heavy atom. The third-order valence-corrected chi connectivity index (χ3v) is 10.7. The standard InChI is InChI=1S/C42H34O2Si.2ClH.Zr/c1-3-11-29(12-4-1)23-31-15-7-17-33-35(31)25-37(41-19-9-21-43-41)39(33)27-45-28-40-34-18-8-16-32(24-30-13-5-2-6-14-30)36(34)26-38(40)42-20-10-22-44-42;;;/h1-22,25-26,39-40H,23-24,27-28H2;2*1H;/q;;;+2/p-2. The number of fused-ring (bicyclic) bond motifs is 2. The van der Waals surface area contributed by atoms with E-state index in [1.54, 1.807) is 12.5 Å². The molecule has 2 aliphatic carbocycles. The van der Waals surface area contributed by atoms with Crippen molar-refractivity contribution in [2.45, 2.75) is 36.8 Å². The molecule has 4 aromatic carbocycles. The van der Waals surface area contributed by atoms with E-state index >= 15 is 0 Å². The zero-order valence-corrected chi connectivity index (χ0v) is 31.4. The topological polar surface area (TPSA) is 26.3 Å². The summed E-state index contributed by atoms with van der Waals surface area (Å²) in [5.41, 5.74) is 13.7. The van der Waals surface area contributed by atoms with Crippen molar-refractivity contribution in [1.29, 1.82) is 0 Å². The minimum absolute atomic E-state index is 0.321. The Hall–Kier alpha value is -3.40. The van der Waals surface area contributed by atoms with E-state index in [0.29, 0.717) is 11.8 Å². The fourth-order valence-corrected chi connectivity index (χ4v) is 8.82. The molecule has 2 radical (unpaired) electrons. The van der Waals surface area contributed by atoms with Crippen LogP contribution >= 0.6 is 17.0 Å². The second-order valence-corrected chi connectivity index (χ2v) is 17.2. The first-order valence-corrected chi connectivity index (χ1v) is 24.0. The van der Waals surface area contributed by atoms with Crippen LogP contribution in [0.3, 0.4) is 0 Å². The van der Waals surface area contributed by atoms with Gasteiger partial charge in [-0.2, -0.15) is 0 Å². The van der Waals surface area contributed by atoms with E-state index in [1.807, 2.05) is 12.1 Å². The third-order valence-electron chi connectivity index (χ3n) is 9.34. The van der Waals surface area contributed by atoms with Crippen molar-refractivity contribution in [1.82, 2.24) is 0 Å². The van der Waals surface area contributed by atoms with Crippen LogP contribution in [-0.2, 0) is 33.7 Å². The number of hydrogen-bond donors (Lipinski definition) is 0. The first kappa shape index (κ1) is 33.1. The van der Waals surface area contributed by atoms with Gasteiger partial charge < -0.3 is 8.83 Å². The second kappa shape index (κ2) is 15.9. The molecule has 0 aliphatic heterocycles. The molecule has 2 atom stereocenters. The van der Waals surface area contributed by atoms with E-state index < -0.39 is 20.8 Å². The Bertz CT molecular complexity index is 1860. The van der Waals surface area contributed by atoms with Gasteiger partial charge in [-0.15, -0.1) is 0 Å². The summed E-state index contributed by atoms with van der Waals surface area (Å²) >= 11 is -0.826. The van der Waals surface area contributed by atoms with Gasteiger partial charge in [-0.1, -0.05) is 97.1 Å². The van der Waals surface area contributed by atoms with E-state index in [0.717, 1.165) is 46.0 Å². The summed E-state index contributed by atoms with van der Waals surface area (Å²) in [6.45, 7) is 0. The normalized spacial score (nSPS) is 16.0. The van der Waals surface area contributed by atoms with Gasteiger partial charge in [0.1, 0.15) is 11.5 Å². The molecule has 8 rings (SSSR count). The fourth-order valence-electron chi connectivity index (χ4n) is 7.20. The van der Waals surface area contributed by atoms with Crippen LogP contribution in [-0.4, -0.2) is 9.52 Å². The Balaban J connectivity index is 0.00000117. The van der Waals surface area contributed by atoms with Crippen molar-refractivity contribution in [3.05, 3.63) is 190 Å². The summed E-state index contributed by atoms with van der Waals surface area (Å²) < 4.78 is 12.0. The van der Waals surface area contributed by atoms with Gasteiger partial charge >= 0.3 is 37.9 Å². The van der Waals surface area contributed by atoms with Gasteiger partial charge in [0.05, 0.1) is 12.5 Å². The van der Waals surface area contributed by atoms with Crippen molar-refractivity contribution in [3.8, 4) is 0 Å². The van der Waals surface area contributed by atoms with Crippen LogP contribution in [0.1, 0.15) is 67.9 Å². The molecular formula is C42H34Cl2O2SiZr. The average Bonchev–Trinajstić information content (AvgIpc) is 3.94. The Kier molecular flexibility index (Phi) is 11.0. The van der Waals surface area contributed by atoms with Crippen LogP contribution in [0, 0.1) is 0 Å². The number of hydrogen-bond acceptors (Lipinski definition) is 2. The predicted octanol–water partition coefficient (Wildman–Crippen LogP) is 11.9. The van der Waals surface area contributed by atoms with Crippen LogP contribution < -0.4 is 0 Å². The zero-order chi connectivity index (χ0) is 32.7.